The van der Waals surface area contributed by atoms with Gasteiger partial charge in [0, 0.05) is 24.3 Å². The molecule has 1 atom stereocenters. The number of nitrogens with two attached hydrogens (primary N) is 1. The summed E-state index contributed by atoms with van der Waals surface area (Å²) < 4.78 is 10.9. The second-order valence-corrected chi connectivity index (χ2v) is 4.70. The van der Waals surface area contributed by atoms with E-state index >= 15 is 0 Å². The number of benzene rings is 1. The lowest BCUT2D eigenvalue weighted by molar-refractivity contribution is -0.0264. The van der Waals surface area contributed by atoms with Crippen LogP contribution in [0.4, 0.5) is 5.69 Å². The molecule has 1 fully saturated rings. The normalized spacial score (nSPS) is 20.6. The van der Waals surface area contributed by atoms with Crippen molar-refractivity contribution in [1.82, 2.24) is 15.0 Å². The Morgan fingerprint density at radius 3 is 2.84 bits per heavy atom. The largest absolute Gasteiger partial charge is 0.399 e. The van der Waals surface area contributed by atoms with Crippen LogP contribution in [0.2, 0.25) is 0 Å². The summed E-state index contributed by atoms with van der Waals surface area (Å²) in [5, 5.41) is 4.00. The van der Waals surface area contributed by atoms with Gasteiger partial charge in [0.25, 0.3) is 5.89 Å². The highest BCUT2D eigenvalue weighted by Crippen LogP contribution is 2.23. The maximum absolute atomic E-state index is 5.66. The number of likely N-dealkylation sites (N-methyl/N-ethyl adjacent to an activating group) is 1. The number of hydrogen-bond acceptors (Lipinski definition) is 6. The molecule has 0 radical (unpaired) electrons. The second-order valence-electron chi connectivity index (χ2n) is 4.70. The molecule has 6 nitrogen and oxygen atoms in total. The van der Waals surface area contributed by atoms with E-state index in [-0.39, 0.29) is 6.10 Å². The first-order valence-electron chi connectivity index (χ1n) is 6.22. The zero-order valence-corrected chi connectivity index (χ0v) is 10.7. The standard InChI is InChI=1S/C13H16N4O2/c1-17-6-7-18-11(8-17)12-15-13(19-16-12)9-2-4-10(14)5-3-9/h2-5,11H,6-8,14H2,1H3. The maximum atomic E-state index is 5.66. The Morgan fingerprint density at radius 2 is 2.11 bits per heavy atom. The summed E-state index contributed by atoms with van der Waals surface area (Å²) in [6.07, 6.45) is -0.120. The molecular formula is C13H16N4O2. The van der Waals surface area contributed by atoms with Crippen molar-refractivity contribution in [3.8, 4) is 11.5 Å². The summed E-state index contributed by atoms with van der Waals surface area (Å²) in [5.41, 5.74) is 7.22. The lowest BCUT2D eigenvalue weighted by atomic mass is 10.2. The zero-order valence-electron chi connectivity index (χ0n) is 10.7. The molecule has 0 amide bonds. The first kappa shape index (κ1) is 12.1. The Hall–Kier alpha value is -1.92. The van der Waals surface area contributed by atoms with Crippen molar-refractivity contribution in [3.63, 3.8) is 0 Å². The van der Waals surface area contributed by atoms with Crippen LogP contribution in [0.15, 0.2) is 28.8 Å². The molecule has 0 saturated carbocycles. The molecule has 100 valence electrons. The van der Waals surface area contributed by atoms with Gasteiger partial charge in [-0.15, -0.1) is 0 Å². The molecule has 1 aliphatic heterocycles. The zero-order chi connectivity index (χ0) is 13.2. The van der Waals surface area contributed by atoms with Crippen molar-refractivity contribution in [2.45, 2.75) is 6.10 Å². The van der Waals surface area contributed by atoms with E-state index in [4.69, 9.17) is 15.0 Å². The van der Waals surface area contributed by atoms with E-state index in [1.807, 2.05) is 24.3 Å². The Bertz CT molecular complexity index is 552. The average Bonchev–Trinajstić information content (AvgIpc) is 2.89. The minimum atomic E-state index is -0.120. The number of ether oxygens (including phenoxy) is 1. The molecule has 3 rings (SSSR count). The van der Waals surface area contributed by atoms with Gasteiger partial charge in [0.2, 0.25) is 5.82 Å². The lowest BCUT2D eigenvalue weighted by Gasteiger charge is -2.27. The highest BCUT2D eigenvalue weighted by molar-refractivity contribution is 5.56. The summed E-state index contributed by atoms with van der Waals surface area (Å²) in [4.78, 5) is 6.59. The van der Waals surface area contributed by atoms with Crippen molar-refractivity contribution < 1.29 is 9.26 Å². The van der Waals surface area contributed by atoms with Crippen LogP contribution >= 0.6 is 0 Å². The highest BCUT2D eigenvalue weighted by Gasteiger charge is 2.24. The van der Waals surface area contributed by atoms with Gasteiger partial charge in [-0.05, 0) is 31.3 Å². The molecular weight excluding hydrogens is 244 g/mol. The van der Waals surface area contributed by atoms with Gasteiger partial charge in [0.05, 0.1) is 6.61 Å². The first-order chi connectivity index (χ1) is 9.22. The van der Waals surface area contributed by atoms with Crippen LogP contribution in [0.25, 0.3) is 11.5 Å². The molecule has 2 N–H and O–H groups in total. The second kappa shape index (κ2) is 4.99. The summed E-state index contributed by atoms with van der Waals surface area (Å²) in [7, 11) is 2.05. The fraction of sp³-hybridized carbons (Fsp3) is 0.385. The smallest absolute Gasteiger partial charge is 0.258 e. The third kappa shape index (κ3) is 2.59. The molecule has 0 spiro atoms. The first-order valence-corrected chi connectivity index (χ1v) is 6.22. The van der Waals surface area contributed by atoms with E-state index < -0.39 is 0 Å². The fourth-order valence-corrected chi connectivity index (χ4v) is 2.04. The predicted molar refractivity (Wildman–Crippen MR) is 70.3 cm³/mol. The Kier molecular flexibility index (Phi) is 3.18. The quantitative estimate of drug-likeness (QED) is 0.821. The van der Waals surface area contributed by atoms with E-state index in [0.717, 1.165) is 18.7 Å². The van der Waals surface area contributed by atoms with Crippen LogP contribution in [0, 0.1) is 0 Å². The third-order valence-electron chi connectivity index (χ3n) is 3.16. The van der Waals surface area contributed by atoms with E-state index in [0.29, 0.717) is 24.0 Å². The number of hydrogen-bond donors (Lipinski definition) is 1. The molecule has 2 heterocycles. The summed E-state index contributed by atoms with van der Waals surface area (Å²) in [6, 6.07) is 7.34. The average molecular weight is 260 g/mol. The van der Waals surface area contributed by atoms with E-state index in [2.05, 4.69) is 22.1 Å². The number of rotatable bonds is 2. The van der Waals surface area contributed by atoms with Crippen LogP contribution in [0.5, 0.6) is 0 Å². The Labute approximate surface area is 111 Å². The van der Waals surface area contributed by atoms with Crippen molar-refractivity contribution >= 4 is 5.69 Å². The third-order valence-corrected chi connectivity index (χ3v) is 3.16. The maximum Gasteiger partial charge on any atom is 0.258 e. The van der Waals surface area contributed by atoms with Crippen LogP contribution in [0.3, 0.4) is 0 Å². The Balaban J connectivity index is 1.81. The molecule has 0 bridgehead atoms. The number of nitrogens with zero attached hydrogens (tertiary/aromatic N) is 3. The van der Waals surface area contributed by atoms with Crippen molar-refractivity contribution in [2.24, 2.45) is 0 Å². The highest BCUT2D eigenvalue weighted by atomic mass is 16.5. The van der Waals surface area contributed by atoms with Gasteiger partial charge in [0.1, 0.15) is 6.10 Å². The summed E-state index contributed by atoms with van der Waals surface area (Å²) in [6.45, 7) is 2.40. The monoisotopic (exact) mass is 260 g/mol. The van der Waals surface area contributed by atoms with Gasteiger partial charge >= 0.3 is 0 Å². The molecule has 1 aromatic heterocycles. The minimum absolute atomic E-state index is 0.120. The van der Waals surface area contributed by atoms with Crippen LogP contribution in [0.1, 0.15) is 11.9 Å². The summed E-state index contributed by atoms with van der Waals surface area (Å²) >= 11 is 0. The minimum Gasteiger partial charge on any atom is -0.399 e. The molecule has 19 heavy (non-hydrogen) atoms. The lowest BCUT2D eigenvalue weighted by Crippen LogP contribution is -2.35. The van der Waals surface area contributed by atoms with Gasteiger partial charge in [0.15, 0.2) is 0 Å². The molecule has 1 aromatic carbocycles. The predicted octanol–water partition coefficient (Wildman–Crippen LogP) is 1.32. The van der Waals surface area contributed by atoms with Gasteiger partial charge in [-0.1, -0.05) is 5.16 Å². The van der Waals surface area contributed by atoms with Gasteiger partial charge in [-0.25, -0.2) is 0 Å². The number of anilines is 1. The van der Waals surface area contributed by atoms with Crippen LogP contribution < -0.4 is 5.73 Å². The topological polar surface area (TPSA) is 77.4 Å². The SMILES string of the molecule is CN1CCOC(c2noc(-c3ccc(N)cc3)n2)C1. The number of morpholine rings is 1. The van der Waals surface area contributed by atoms with E-state index in [1.165, 1.54) is 0 Å². The van der Waals surface area contributed by atoms with Crippen molar-refractivity contribution in [3.05, 3.63) is 30.1 Å². The fourth-order valence-electron chi connectivity index (χ4n) is 2.04. The van der Waals surface area contributed by atoms with E-state index in [1.54, 1.807) is 0 Å². The molecule has 1 saturated heterocycles. The van der Waals surface area contributed by atoms with Gasteiger partial charge in [-0.2, -0.15) is 4.98 Å². The number of aromatic nitrogens is 2. The molecule has 0 aliphatic carbocycles. The molecule has 1 aliphatic rings. The molecule has 1 unspecified atom stereocenters. The Morgan fingerprint density at radius 1 is 1.32 bits per heavy atom. The van der Waals surface area contributed by atoms with Crippen molar-refractivity contribution in [1.29, 1.82) is 0 Å². The van der Waals surface area contributed by atoms with E-state index in [9.17, 15) is 0 Å². The van der Waals surface area contributed by atoms with Gasteiger partial charge < -0.3 is 19.9 Å². The van der Waals surface area contributed by atoms with Crippen molar-refractivity contribution in [2.75, 3.05) is 32.5 Å². The van der Waals surface area contributed by atoms with Crippen LogP contribution in [-0.2, 0) is 4.74 Å². The molecule has 6 heteroatoms. The van der Waals surface area contributed by atoms with Crippen LogP contribution in [-0.4, -0.2) is 41.8 Å². The molecule has 2 aromatic rings. The number of nitrogen functional groups attached to an aromatic ring is 1. The summed E-state index contributed by atoms with van der Waals surface area (Å²) in [5.74, 6) is 1.09. The van der Waals surface area contributed by atoms with Gasteiger partial charge in [-0.3, -0.25) is 0 Å².